The van der Waals surface area contributed by atoms with Crippen LogP contribution in [0.2, 0.25) is 0 Å². The minimum atomic E-state index is -1.11. The molecule has 0 saturated heterocycles. The number of rotatable bonds is 5. The van der Waals surface area contributed by atoms with Gasteiger partial charge in [-0.2, -0.15) is 10.2 Å². The van der Waals surface area contributed by atoms with Gasteiger partial charge in [0.2, 0.25) is 10.9 Å². The van der Waals surface area contributed by atoms with E-state index in [1.165, 1.54) is 11.3 Å². The molecule has 10 heteroatoms. The van der Waals surface area contributed by atoms with Crippen molar-refractivity contribution < 1.29 is 9.59 Å². The van der Waals surface area contributed by atoms with Crippen molar-refractivity contribution >= 4 is 49.8 Å². The lowest BCUT2D eigenvalue weighted by atomic mass is 9.74. The number of fused-ring (bicyclic) bond motifs is 1. The third-order valence-corrected chi connectivity index (χ3v) is 6.63. The first-order valence-corrected chi connectivity index (χ1v) is 12.0. The number of Topliss-reactive ketones (excluding diaryl/α,β-unsaturated/α-hetero) is 2. The highest BCUT2D eigenvalue weighted by atomic mass is 32.1. The lowest BCUT2D eigenvalue weighted by Gasteiger charge is -2.29. The number of thiazole rings is 1. The summed E-state index contributed by atoms with van der Waals surface area (Å²) in [5, 5.41) is 22.3. The zero-order valence-electron chi connectivity index (χ0n) is 19.5. The standard InChI is InChI=1S/C25H23N7O2S/c1-15-21(27-30-24-26-17-11-7-8-12-20(17)35-24)23(32(31-15)16-9-5-4-6-10-16)29-28-22-18(33)13-25(2,3)14-19(22)34/h4-12,22H,13-14H2,1-3H3. The third kappa shape index (κ3) is 4.69. The first kappa shape index (κ1) is 22.9. The van der Waals surface area contributed by atoms with Crippen LogP contribution in [0.25, 0.3) is 15.9 Å². The monoisotopic (exact) mass is 485 g/mol. The van der Waals surface area contributed by atoms with Crippen molar-refractivity contribution in [3.63, 3.8) is 0 Å². The molecule has 5 rings (SSSR count). The highest BCUT2D eigenvalue weighted by Crippen LogP contribution is 2.38. The van der Waals surface area contributed by atoms with Gasteiger partial charge in [-0.15, -0.1) is 15.3 Å². The molecule has 2 aromatic heterocycles. The molecule has 2 aromatic carbocycles. The van der Waals surface area contributed by atoms with Gasteiger partial charge in [-0.3, -0.25) is 9.59 Å². The van der Waals surface area contributed by atoms with Crippen molar-refractivity contribution in [3.8, 4) is 5.69 Å². The zero-order chi connectivity index (χ0) is 24.6. The highest BCUT2D eigenvalue weighted by molar-refractivity contribution is 7.21. The molecule has 1 saturated carbocycles. The molecule has 0 unspecified atom stereocenters. The number of ketones is 2. The molecular weight excluding hydrogens is 462 g/mol. The fraction of sp³-hybridized carbons (Fsp3) is 0.280. The average molecular weight is 486 g/mol. The molecule has 0 spiro atoms. The van der Waals surface area contributed by atoms with Gasteiger partial charge in [-0.05, 0) is 36.6 Å². The summed E-state index contributed by atoms with van der Waals surface area (Å²) >= 11 is 1.43. The van der Waals surface area contributed by atoms with Crippen LogP contribution in [0, 0.1) is 12.3 Å². The van der Waals surface area contributed by atoms with Crippen LogP contribution in [0.5, 0.6) is 0 Å². The Hall–Kier alpha value is -3.92. The molecule has 0 atom stereocenters. The number of azo groups is 2. The molecule has 1 aliphatic rings. The fourth-order valence-corrected chi connectivity index (χ4v) is 4.87. The van der Waals surface area contributed by atoms with Crippen molar-refractivity contribution in [2.45, 2.75) is 39.7 Å². The van der Waals surface area contributed by atoms with E-state index in [2.05, 4.69) is 30.5 Å². The van der Waals surface area contributed by atoms with Gasteiger partial charge in [0.25, 0.3) is 0 Å². The van der Waals surface area contributed by atoms with Crippen LogP contribution >= 0.6 is 11.3 Å². The van der Waals surface area contributed by atoms with E-state index in [1.54, 1.807) is 11.6 Å². The number of hydrogen-bond acceptors (Lipinski definition) is 9. The number of para-hydroxylation sites is 2. The Kier molecular flexibility index (Phi) is 5.89. The highest BCUT2D eigenvalue weighted by Gasteiger charge is 2.40. The molecule has 4 aromatic rings. The Morgan fingerprint density at radius 1 is 0.943 bits per heavy atom. The topological polar surface area (TPSA) is 114 Å². The van der Waals surface area contributed by atoms with Gasteiger partial charge in [0, 0.05) is 12.8 Å². The van der Waals surface area contributed by atoms with E-state index in [0.717, 1.165) is 15.9 Å². The molecule has 0 aliphatic heterocycles. The van der Waals surface area contributed by atoms with Crippen LogP contribution in [0.1, 0.15) is 32.4 Å². The molecule has 1 aliphatic carbocycles. The van der Waals surface area contributed by atoms with Gasteiger partial charge in [0.15, 0.2) is 23.3 Å². The lowest BCUT2D eigenvalue weighted by Crippen LogP contribution is -2.40. The number of nitrogens with zero attached hydrogens (tertiary/aromatic N) is 7. The number of benzene rings is 2. The van der Waals surface area contributed by atoms with E-state index in [-0.39, 0.29) is 29.8 Å². The largest absolute Gasteiger partial charge is 0.297 e. The Labute approximate surface area is 205 Å². The Morgan fingerprint density at radius 2 is 1.63 bits per heavy atom. The summed E-state index contributed by atoms with van der Waals surface area (Å²) < 4.78 is 2.60. The van der Waals surface area contributed by atoms with Crippen LogP contribution in [-0.2, 0) is 9.59 Å². The van der Waals surface area contributed by atoms with Crippen LogP contribution in [-0.4, -0.2) is 32.4 Å². The summed E-state index contributed by atoms with van der Waals surface area (Å²) in [6.07, 6.45) is 0.563. The molecule has 9 nitrogen and oxygen atoms in total. The zero-order valence-corrected chi connectivity index (χ0v) is 20.4. The summed E-state index contributed by atoms with van der Waals surface area (Å²) in [5.41, 5.74) is 2.20. The molecule has 0 bridgehead atoms. The second kappa shape index (κ2) is 9.03. The van der Waals surface area contributed by atoms with Gasteiger partial charge in [0.05, 0.1) is 21.6 Å². The van der Waals surface area contributed by atoms with Crippen molar-refractivity contribution in [2.75, 3.05) is 0 Å². The van der Waals surface area contributed by atoms with E-state index >= 15 is 0 Å². The molecular formula is C25H23N7O2S. The Bertz CT molecular complexity index is 1430. The maximum atomic E-state index is 12.6. The third-order valence-electron chi connectivity index (χ3n) is 5.71. The number of aryl methyl sites for hydroxylation is 1. The Balaban J connectivity index is 1.55. The van der Waals surface area contributed by atoms with Gasteiger partial charge < -0.3 is 0 Å². The van der Waals surface area contributed by atoms with Crippen molar-refractivity contribution in [1.29, 1.82) is 0 Å². The molecule has 0 radical (unpaired) electrons. The van der Waals surface area contributed by atoms with Crippen molar-refractivity contribution in [2.24, 2.45) is 25.9 Å². The SMILES string of the molecule is Cc1nn(-c2ccccc2)c(N=NC2C(=O)CC(C)(C)CC2=O)c1N=Nc1nc2ccccc2s1. The Morgan fingerprint density at radius 3 is 2.34 bits per heavy atom. The number of carbonyl (C=O) groups is 2. The van der Waals surface area contributed by atoms with Crippen LogP contribution in [0.4, 0.5) is 16.6 Å². The second-order valence-electron chi connectivity index (χ2n) is 9.24. The molecule has 176 valence electrons. The fourth-order valence-electron chi connectivity index (χ4n) is 4.08. The summed E-state index contributed by atoms with van der Waals surface area (Å²) in [4.78, 5) is 29.8. The van der Waals surface area contributed by atoms with E-state index in [4.69, 9.17) is 0 Å². The normalized spacial score (nSPS) is 16.8. The minimum absolute atomic E-state index is 0.227. The number of aromatic nitrogens is 3. The molecule has 0 N–H and O–H groups in total. The van der Waals surface area contributed by atoms with Gasteiger partial charge in [-0.25, -0.2) is 9.67 Å². The van der Waals surface area contributed by atoms with E-state index in [9.17, 15) is 9.59 Å². The van der Waals surface area contributed by atoms with E-state index in [1.807, 2.05) is 68.4 Å². The number of hydrogen-bond donors (Lipinski definition) is 0. The smallest absolute Gasteiger partial charge is 0.231 e. The quantitative estimate of drug-likeness (QED) is 0.233. The number of carbonyl (C=O) groups excluding carboxylic acids is 2. The molecule has 2 heterocycles. The molecule has 0 amide bonds. The van der Waals surface area contributed by atoms with E-state index in [0.29, 0.717) is 22.3 Å². The maximum Gasteiger partial charge on any atom is 0.231 e. The minimum Gasteiger partial charge on any atom is -0.297 e. The van der Waals surface area contributed by atoms with Gasteiger partial charge in [-0.1, -0.05) is 55.5 Å². The van der Waals surface area contributed by atoms with Crippen molar-refractivity contribution in [3.05, 3.63) is 60.3 Å². The van der Waals surface area contributed by atoms with Gasteiger partial charge in [0.1, 0.15) is 0 Å². The van der Waals surface area contributed by atoms with E-state index < -0.39 is 6.04 Å². The second-order valence-corrected chi connectivity index (χ2v) is 10.2. The summed E-state index contributed by atoms with van der Waals surface area (Å²) in [6, 6.07) is 16.1. The average Bonchev–Trinajstić information content (AvgIpc) is 3.37. The van der Waals surface area contributed by atoms with Crippen molar-refractivity contribution in [1.82, 2.24) is 14.8 Å². The molecule has 1 fully saturated rings. The first-order chi connectivity index (χ1) is 16.8. The van der Waals surface area contributed by atoms with Crippen LogP contribution < -0.4 is 0 Å². The predicted octanol–water partition coefficient (Wildman–Crippen LogP) is 6.62. The van der Waals surface area contributed by atoms with Crippen LogP contribution in [0.15, 0.2) is 75.1 Å². The summed E-state index contributed by atoms with van der Waals surface area (Å²) in [6.45, 7) is 5.61. The summed E-state index contributed by atoms with van der Waals surface area (Å²) in [7, 11) is 0. The van der Waals surface area contributed by atoms with Gasteiger partial charge >= 0.3 is 0 Å². The predicted molar refractivity (Wildman–Crippen MR) is 133 cm³/mol. The van der Waals surface area contributed by atoms with Crippen LogP contribution in [0.3, 0.4) is 0 Å². The summed E-state index contributed by atoms with van der Waals surface area (Å²) in [5.74, 6) is -0.158. The molecule has 35 heavy (non-hydrogen) atoms. The maximum absolute atomic E-state index is 12.6. The lowest BCUT2D eigenvalue weighted by molar-refractivity contribution is -0.135. The first-order valence-electron chi connectivity index (χ1n) is 11.2.